The lowest BCUT2D eigenvalue weighted by Gasteiger charge is -2.16. The molecule has 0 heterocycles. The molecule has 0 atom stereocenters. The van der Waals surface area contributed by atoms with Crippen LogP contribution in [0.2, 0.25) is 0 Å². The Morgan fingerprint density at radius 1 is 1.10 bits per heavy atom. The van der Waals surface area contributed by atoms with Gasteiger partial charge in [-0.25, -0.2) is 0 Å². The number of fused-ring (bicyclic) bond motifs is 1. The van der Waals surface area contributed by atoms with E-state index in [4.69, 9.17) is 14.2 Å². The number of rotatable bonds is 8. The quantitative estimate of drug-likeness (QED) is 0.686. The second-order valence-electron chi connectivity index (χ2n) is 4.90. The van der Waals surface area contributed by atoms with Gasteiger partial charge in [-0.3, -0.25) is 4.79 Å². The summed E-state index contributed by atoms with van der Waals surface area (Å²) in [5, 5.41) is 0. The van der Waals surface area contributed by atoms with Crippen LogP contribution in [0.4, 0.5) is 0 Å². The van der Waals surface area contributed by atoms with Crippen molar-refractivity contribution in [3.05, 3.63) is 29.3 Å². The summed E-state index contributed by atoms with van der Waals surface area (Å²) >= 11 is 0. The van der Waals surface area contributed by atoms with Crippen LogP contribution in [0.1, 0.15) is 35.2 Å². The van der Waals surface area contributed by atoms with Crippen molar-refractivity contribution in [1.82, 2.24) is 0 Å². The summed E-state index contributed by atoms with van der Waals surface area (Å²) in [5.74, 6) is 1.10. The maximum atomic E-state index is 11.7. The molecule has 0 N–H and O–H groups in total. The Morgan fingerprint density at radius 3 is 2.85 bits per heavy atom. The molecular weight excluding hydrogens is 256 g/mol. The van der Waals surface area contributed by atoms with Crippen LogP contribution in [0.15, 0.2) is 18.2 Å². The molecule has 1 aliphatic rings. The molecule has 0 radical (unpaired) electrons. The molecule has 110 valence electrons. The van der Waals surface area contributed by atoms with E-state index < -0.39 is 0 Å². The molecule has 0 spiro atoms. The van der Waals surface area contributed by atoms with Gasteiger partial charge in [0.1, 0.15) is 5.75 Å². The third kappa shape index (κ3) is 4.32. The summed E-state index contributed by atoms with van der Waals surface area (Å²) in [6, 6.07) is 5.77. The van der Waals surface area contributed by atoms with Crippen LogP contribution in [0, 0.1) is 0 Å². The van der Waals surface area contributed by atoms with Gasteiger partial charge in [0.15, 0.2) is 5.78 Å². The van der Waals surface area contributed by atoms with E-state index in [0.29, 0.717) is 32.8 Å². The number of ether oxygens (including phenoxy) is 3. The van der Waals surface area contributed by atoms with E-state index in [1.807, 2.05) is 18.2 Å². The molecule has 2 rings (SSSR count). The minimum absolute atomic E-state index is 0.254. The minimum Gasteiger partial charge on any atom is -0.493 e. The predicted octanol–water partition coefficient (Wildman–Crippen LogP) is 2.64. The lowest BCUT2D eigenvalue weighted by Crippen LogP contribution is -2.11. The highest BCUT2D eigenvalue weighted by molar-refractivity contribution is 5.98. The first-order valence-corrected chi connectivity index (χ1v) is 7.17. The maximum Gasteiger partial charge on any atom is 0.163 e. The van der Waals surface area contributed by atoms with Gasteiger partial charge in [0.2, 0.25) is 0 Å². The van der Waals surface area contributed by atoms with E-state index in [2.05, 4.69) is 0 Å². The SMILES string of the molecule is COCCOCCCOc1ccc2c(c1)CCCC2=O. The number of hydrogen-bond donors (Lipinski definition) is 0. The number of aryl methyl sites for hydroxylation is 1. The van der Waals surface area contributed by atoms with Crippen molar-refractivity contribution in [2.75, 3.05) is 33.5 Å². The van der Waals surface area contributed by atoms with Gasteiger partial charge in [0.05, 0.1) is 19.8 Å². The number of Topliss-reactive ketones (excluding diaryl/α,β-unsaturated/α-hetero) is 1. The highest BCUT2D eigenvalue weighted by atomic mass is 16.5. The Hall–Kier alpha value is -1.39. The van der Waals surface area contributed by atoms with Crippen LogP contribution < -0.4 is 4.74 Å². The van der Waals surface area contributed by atoms with E-state index in [1.54, 1.807) is 7.11 Å². The van der Waals surface area contributed by atoms with Crippen LogP contribution in [-0.4, -0.2) is 39.3 Å². The van der Waals surface area contributed by atoms with Crippen molar-refractivity contribution >= 4 is 5.78 Å². The monoisotopic (exact) mass is 278 g/mol. The van der Waals surface area contributed by atoms with Gasteiger partial charge in [-0.15, -0.1) is 0 Å². The molecule has 0 unspecified atom stereocenters. The molecule has 0 fully saturated rings. The zero-order valence-electron chi connectivity index (χ0n) is 12.0. The Labute approximate surface area is 120 Å². The van der Waals surface area contributed by atoms with E-state index >= 15 is 0 Å². The third-order valence-corrected chi connectivity index (χ3v) is 3.36. The average Bonchev–Trinajstić information content (AvgIpc) is 2.46. The van der Waals surface area contributed by atoms with Gasteiger partial charge in [0, 0.05) is 32.1 Å². The molecule has 0 aliphatic heterocycles. The Kier molecular flexibility index (Phi) is 6.02. The number of hydrogen-bond acceptors (Lipinski definition) is 4. The molecule has 0 bridgehead atoms. The van der Waals surface area contributed by atoms with Gasteiger partial charge in [-0.1, -0.05) is 0 Å². The second-order valence-corrected chi connectivity index (χ2v) is 4.90. The fourth-order valence-electron chi connectivity index (χ4n) is 2.31. The standard InChI is InChI=1S/C16H22O4/c1-18-10-11-19-8-3-9-20-14-6-7-15-13(12-14)4-2-5-16(15)17/h6-7,12H,2-5,8-11H2,1H3. The van der Waals surface area contributed by atoms with Gasteiger partial charge in [0.25, 0.3) is 0 Å². The Bertz CT molecular complexity index is 442. The lowest BCUT2D eigenvalue weighted by molar-refractivity contribution is 0.0644. The first-order valence-electron chi connectivity index (χ1n) is 7.17. The van der Waals surface area contributed by atoms with Crippen molar-refractivity contribution < 1.29 is 19.0 Å². The fraction of sp³-hybridized carbons (Fsp3) is 0.562. The van der Waals surface area contributed by atoms with Crippen LogP contribution in [0.3, 0.4) is 0 Å². The van der Waals surface area contributed by atoms with Crippen molar-refractivity contribution in [2.24, 2.45) is 0 Å². The number of carbonyl (C=O) groups is 1. The summed E-state index contributed by atoms with van der Waals surface area (Å²) < 4.78 is 16.0. The summed E-state index contributed by atoms with van der Waals surface area (Å²) in [6.45, 7) is 2.55. The highest BCUT2D eigenvalue weighted by Gasteiger charge is 2.17. The van der Waals surface area contributed by atoms with Crippen LogP contribution in [0.25, 0.3) is 0 Å². The highest BCUT2D eigenvalue weighted by Crippen LogP contribution is 2.25. The van der Waals surface area contributed by atoms with Crippen LogP contribution in [0.5, 0.6) is 5.75 Å². The lowest BCUT2D eigenvalue weighted by atomic mass is 9.91. The smallest absolute Gasteiger partial charge is 0.163 e. The maximum absolute atomic E-state index is 11.7. The molecule has 0 saturated carbocycles. The van der Waals surface area contributed by atoms with E-state index in [9.17, 15) is 4.79 Å². The van der Waals surface area contributed by atoms with Gasteiger partial charge >= 0.3 is 0 Å². The van der Waals surface area contributed by atoms with Gasteiger partial charge in [-0.2, -0.15) is 0 Å². The average molecular weight is 278 g/mol. The fourth-order valence-corrected chi connectivity index (χ4v) is 2.31. The first kappa shape index (κ1) is 15.0. The van der Waals surface area contributed by atoms with Gasteiger partial charge in [-0.05, 0) is 36.6 Å². The largest absolute Gasteiger partial charge is 0.493 e. The molecule has 1 aromatic carbocycles. The minimum atomic E-state index is 0.254. The summed E-state index contributed by atoms with van der Waals surface area (Å²) in [4.78, 5) is 11.7. The van der Waals surface area contributed by atoms with Crippen molar-refractivity contribution in [3.63, 3.8) is 0 Å². The third-order valence-electron chi connectivity index (χ3n) is 3.36. The number of benzene rings is 1. The molecule has 4 nitrogen and oxygen atoms in total. The summed E-state index contributed by atoms with van der Waals surface area (Å²) in [6.07, 6.45) is 3.44. The molecule has 20 heavy (non-hydrogen) atoms. The van der Waals surface area contributed by atoms with Crippen molar-refractivity contribution in [3.8, 4) is 5.75 Å². The first-order chi connectivity index (χ1) is 9.81. The van der Waals surface area contributed by atoms with E-state index in [0.717, 1.165) is 36.1 Å². The molecule has 1 aromatic rings. The topological polar surface area (TPSA) is 44.8 Å². The van der Waals surface area contributed by atoms with Crippen molar-refractivity contribution in [1.29, 1.82) is 0 Å². The Morgan fingerprint density at radius 2 is 2.00 bits per heavy atom. The van der Waals surface area contributed by atoms with E-state index in [1.165, 1.54) is 0 Å². The molecular formula is C16H22O4. The summed E-state index contributed by atoms with van der Waals surface area (Å²) in [7, 11) is 1.66. The normalized spacial score (nSPS) is 14.2. The predicted molar refractivity (Wildman–Crippen MR) is 76.5 cm³/mol. The van der Waals surface area contributed by atoms with Crippen molar-refractivity contribution in [2.45, 2.75) is 25.7 Å². The van der Waals surface area contributed by atoms with Crippen LogP contribution in [-0.2, 0) is 15.9 Å². The van der Waals surface area contributed by atoms with Gasteiger partial charge < -0.3 is 14.2 Å². The van der Waals surface area contributed by atoms with Crippen LogP contribution >= 0.6 is 0 Å². The molecule has 1 aliphatic carbocycles. The number of ketones is 1. The summed E-state index contributed by atoms with van der Waals surface area (Å²) in [5.41, 5.74) is 1.99. The molecule has 0 saturated heterocycles. The molecule has 0 amide bonds. The molecule has 4 heteroatoms. The Balaban J connectivity index is 1.72. The van der Waals surface area contributed by atoms with E-state index in [-0.39, 0.29) is 5.78 Å². The second kappa shape index (κ2) is 8.02. The zero-order valence-corrected chi connectivity index (χ0v) is 12.0. The zero-order chi connectivity index (χ0) is 14.2. The number of methoxy groups -OCH3 is 1. The number of carbonyl (C=O) groups excluding carboxylic acids is 1. The molecule has 0 aromatic heterocycles.